The van der Waals surface area contributed by atoms with Gasteiger partial charge < -0.3 is 20.1 Å². The molecule has 0 aromatic heterocycles. The Balaban J connectivity index is 1.71. The number of aliphatic imine (C=N–C) groups is 1. The second-order valence-corrected chi connectivity index (χ2v) is 7.89. The van der Waals surface area contributed by atoms with E-state index in [1.165, 1.54) is 11.1 Å². The highest BCUT2D eigenvalue weighted by Gasteiger charge is 2.13. The minimum atomic E-state index is 0.670. The van der Waals surface area contributed by atoms with Crippen LogP contribution in [0.3, 0.4) is 0 Å². The number of ether oxygens (including phenoxy) is 2. The average Bonchev–Trinajstić information content (AvgIpc) is 2.79. The van der Waals surface area contributed by atoms with Gasteiger partial charge in [0.05, 0.1) is 6.54 Å². The first kappa shape index (κ1) is 24.6. The summed E-state index contributed by atoms with van der Waals surface area (Å²) in [6.07, 6.45) is 3.24. The summed E-state index contributed by atoms with van der Waals surface area (Å²) in [4.78, 5) is 7.19. The van der Waals surface area contributed by atoms with Crippen LogP contribution >= 0.6 is 0 Å². The van der Waals surface area contributed by atoms with Crippen LogP contribution in [-0.2, 0) is 22.6 Å². The summed E-state index contributed by atoms with van der Waals surface area (Å²) in [5, 5.41) is 6.76. The highest BCUT2D eigenvalue weighted by molar-refractivity contribution is 5.79. The third-order valence-electron chi connectivity index (χ3n) is 5.51. The normalized spacial score (nSPS) is 15.5. The number of hydrogen-bond acceptors (Lipinski definition) is 4. The van der Waals surface area contributed by atoms with Crippen LogP contribution in [0.2, 0.25) is 0 Å². The number of nitrogens with zero attached hydrogens (tertiary/aromatic N) is 2. The fourth-order valence-electron chi connectivity index (χ4n) is 3.59. The highest BCUT2D eigenvalue weighted by atomic mass is 16.5. The largest absolute Gasteiger partial charge is 0.381 e. The zero-order valence-electron chi connectivity index (χ0n) is 19.3. The maximum absolute atomic E-state index is 5.85. The summed E-state index contributed by atoms with van der Waals surface area (Å²) in [6.45, 7) is 15.5. The van der Waals surface area contributed by atoms with E-state index in [2.05, 4.69) is 60.6 Å². The van der Waals surface area contributed by atoms with Gasteiger partial charge in [0.25, 0.3) is 0 Å². The molecule has 1 aromatic rings. The summed E-state index contributed by atoms with van der Waals surface area (Å²) in [5.74, 6) is 1.54. The maximum Gasteiger partial charge on any atom is 0.191 e. The second kappa shape index (κ2) is 15.2. The SMILES string of the molecule is CCNC(=NCc1cccc(CN(CC)CC)c1)NCCCOCC1CCOCC1. The van der Waals surface area contributed by atoms with Gasteiger partial charge in [0, 0.05) is 46.1 Å². The zero-order valence-corrected chi connectivity index (χ0v) is 19.3. The number of rotatable bonds is 13. The molecule has 2 rings (SSSR count). The Morgan fingerprint density at radius 2 is 1.90 bits per heavy atom. The van der Waals surface area contributed by atoms with Crippen LogP contribution in [0.25, 0.3) is 0 Å². The van der Waals surface area contributed by atoms with E-state index in [9.17, 15) is 0 Å². The minimum absolute atomic E-state index is 0.670. The van der Waals surface area contributed by atoms with Crippen LogP contribution in [0.15, 0.2) is 29.3 Å². The van der Waals surface area contributed by atoms with E-state index in [0.29, 0.717) is 12.5 Å². The van der Waals surface area contributed by atoms with E-state index in [-0.39, 0.29) is 0 Å². The molecule has 1 saturated heterocycles. The van der Waals surface area contributed by atoms with Gasteiger partial charge in [-0.1, -0.05) is 38.1 Å². The third-order valence-corrected chi connectivity index (χ3v) is 5.51. The Kier molecular flexibility index (Phi) is 12.5. The molecule has 1 aromatic carbocycles. The number of guanidine groups is 1. The van der Waals surface area contributed by atoms with Crippen molar-refractivity contribution in [1.29, 1.82) is 0 Å². The molecule has 170 valence electrons. The molecule has 30 heavy (non-hydrogen) atoms. The van der Waals surface area contributed by atoms with E-state index in [4.69, 9.17) is 14.5 Å². The van der Waals surface area contributed by atoms with Gasteiger partial charge in [-0.3, -0.25) is 4.90 Å². The van der Waals surface area contributed by atoms with Gasteiger partial charge in [0.15, 0.2) is 5.96 Å². The molecule has 1 aliphatic heterocycles. The van der Waals surface area contributed by atoms with Crippen LogP contribution in [0, 0.1) is 5.92 Å². The average molecular weight is 419 g/mol. The lowest BCUT2D eigenvalue weighted by atomic mass is 10.0. The standard InChI is InChI=1S/C24H42N4O2/c1-4-25-24(26-13-8-14-30-20-21-11-15-29-16-12-21)27-18-22-9-7-10-23(17-22)19-28(5-2)6-3/h7,9-10,17,21H,4-6,8,11-16,18-20H2,1-3H3,(H2,25,26,27). The van der Waals surface area contributed by atoms with Crippen molar-refractivity contribution in [1.82, 2.24) is 15.5 Å². The van der Waals surface area contributed by atoms with Gasteiger partial charge >= 0.3 is 0 Å². The molecule has 6 nitrogen and oxygen atoms in total. The topological polar surface area (TPSA) is 58.1 Å². The van der Waals surface area contributed by atoms with Crippen molar-refractivity contribution in [3.8, 4) is 0 Å². The number of hydrogen-bond donors (Lipinski definition) is 2. The number of benzene rings is 1. The molecule has 0 amide bonds. The monoisotopic (exact) mass is 418 g/mol. The first-order valence-corrected chi connectivity index (χ1v) is 11.7. The lowest BCUT2D eigenvalue weighted by Crippen LogP contribution is -2.38. The van der Waals surface area contributed by atoms with E-state index in [0.717, 1.165) is 84.4 Å². The smallest absolute Gasteiger partial charge is 0.191 e. The molecule has 2 N–H and O–H groups in total. The molecule has 1 fully saturated rings. The first-order chi connectivity index (χ1) is 14.7. The molecular weight excluding hydrogens is 376 g/mol. The Morgan fingerprint density at radius 3 is 2.63 bits per heavy atom. The summed E-state index contributed by atoms with van der Waals surface area (Å²) >= 11 is 0. The van der Waals surface area contributed by atoms with Gasteiger partial charge in [0.2, 0.25) is 0 Å². The van der Waals surface area contributed by atoms with Crippen LogP contribution < -0.4 is 10.6 Å². The third kappa shape index (κ3) is 9.92. The predicted molar refractivity (Wildman–Crippen MR) is 125 cm³/mol. The van der Waals surface area contributed by atoms with Crippen LogP contribution in [0.4, 0.5) is 0 Å². The highest BCUT2D eigenvalue weighted by Crippen LogP contribution is 2.14. The van der Waals surface area contributed by atoms with Gasteiger partial charge in [-0.2, -0.15) is 0 Å². The van der Waals surface area contributed by atoms with Crippen LogP contribution in [0.1, 0.15) is 51.2 Å². The molecule has 6 heteroatoms. The second-order valence-electron chi connectivity index (χ2n) is 7.89. The molecule has 0 saturated carbocycles. The van der Waals surface area contributed by atoms with Gasteiger partial charge in [-0.15, -0.1) is 0 Å². The van der Waals surface area contributed by atoms with E-state index >= 15 is 0 Å². The van der Waals surface area contributed by atoms with Crippen molar-refractivity contribution >= 4 is 5.96 Å². The molecule has 0 aliphatic carbocycles. The molecule has 0 bridgehead atoms. The van der Waals surface area contributed by atoms with Crippen LogP contribution in [-0.4, -0.2) is 63.5 Å². The van der Waals surface area contributed by atoms with Crippen molar-refractivity contribution in [2.45, 2.75) is 53.1 Å². The van der Waals surface area contributed by atoms with Crippen molar-refractivity contribution in [2.24, 2.45) is 10.9 Å². The van der Waals surface area contributed by atoms with E-state index in [1.807, 2.05) is 0 Å². The van der Waals surface area contributed by atoms with Crippen molar-refractivity contribution in [3.63, 3.8) is 0 Å². The Hall–Kier alpha value is -1.63. The molecule has 1 heterocycles. The lowest BCUT2D eigenvalue weighted by molar-refractivity contribution is 0.0203. The molecule has 0 radical (unpaired) electrons. The van der Waals surface area contributed by atoms with Crippen LogP contribution in [0.5, 0.6) is 0 Å². The Bertz CT molecular complexity index is 599. The summed E-state index contributed by atoms with van der Waals surface area (Å²) in [7, 11) is 0. The summed E-state index contributed by atoms with van der Waals surface area (Å²) in [6, 6.07) is 8.77. The Labute approximate surface area is 183 Å². The minimum Gasteiger partial charge on any atom is -0.381 e. The fraction of sp³-hybridized carbons (Fsp3) is 0.708. The summed E-state index contributed by atoms with van der Waals surface area (Å²) in [5.41, 5.74) is 2.60. The zero-order chi connectivity index (χ0) is 21.4. The fourth-order valence-corrected chi connectivity index (χ4v) is 3.59. The van der Waals surface area contributed by atoms with Crippen molar-refractivity contribution in [3.05, 3.63) is 35.4 Å². The number of nitrogens with one attached hydrogen (secondary N) is 2. The molecular formula is C24H42N4O2. The predicted octanol–water partition coefficient (Wildman–Crippen LogP) is 3.42. The quantitative estimate of drug-likeness (QED) is 0.292. The Morgan fingerprint density at radius 1 is 1.13 bits per heavy atom. The first-order valence-electron chi connectivity index (χ1n) is 11.7. The van der Waals surface area contributed by atoms with Gasteiger partial charge in [-0.25, -0.2) is 4.99 Å². The molecule has 0 atom stereocenters. The summed E-state index contributed by atoms with van der Waals surface area (Å²) < 4.78 is 11.2. The molecule has 1 aliphatic rings. The molecule has 0 spiro atoms. The van der Waals surface area contributed by atoms with E-state index < -0.39 is 0 Å². The van der Waals surface area contributed by atoms with E-state index in [1.54, 1.807) is 0 Å². The van der Waals surface area contributed by atoms with Crippen molar-refractivity contribution < 1.29 is 9.47 Å². The molecule has 0 unspecified atom stereocenters. The maximum atomic E-state index is 5.85. The van der Waals surface area contributed by atoms with Gasteiger partial charge in [0.1, 0.15) is 0 Å². The van der Waals surface area contributed by atoms with Gasteiger partial charge in [-0.05, 0) is 56.3 Å². The lowest BCUT2D eigenvalue weighted by Gasteiger charge is -2.21. The van der Waals surface area contributed by atoms with Crippen molar-refractivity contribution in [2.75, 3.05) is 52.6 Å².